The highest BCUT2D eigenvalue weighted by Gasteiger charge is 2.25. The first-order valence-corrected chi connectivity index (χ1v) is 10.8. The molecule has 0 saturated carbocycles. The van der Waals surface area contributed by atoms with Crippen LogP contribution in [0.1, 0.15) is 23.6 Å². The van der Waals surface area contributed by atoms with Crippen molar-refractivity contribution < 1.29 is 13.2 Å². The Labute approximate surface area is 167 Å². The zero-order valence-electron chi connectivity index (χ0n) is 16.2. The molecule has 0 aliphatic rings. The fourth-order valence-corrected chi connectivity index (χ4v) is 4.55. The number of hydrogen-bond donors (Lipinski definition) is 0. The Morgan fingerprint density at radius 1 is 0.821 bits per heavy atom. The molecule has 0 spiro atoms. The molecule has 0 amide bonds. The van der Waals surface area contributed by atoms with Crippen LogP contribution in [0.15, 0.2) is 83.8 Å². The second kappa shape index (κ2) is 9.04. The molecule has 0 saturated heterocycles. The Morgan fingerprint density at radius 3 is 1.82 bits per heavy atom. The largest absolute Gasteiger partial charge is 0.494 e. The summed E-state index contributed by atoms with van der Waals surface area (Å²) in [4.78, 5) is 0.278. The molecular formula is C23H25NO3S. The Bertz CT molecular complexity index is 961. The molecule has 3 aromatic rings. The third kappa shape index (κ3) is 4.80. The van der Waals surface area contributed by atoms with Crippen LogP contribution in [0, 0.1) is 6.92 Å². The van der Waals surface area contributed by atoms with Crippen LogP contribution in [-0.2, 0) is 23.1 Å². The van der Waals surface area contributed by atoms with Crippen molar-refractivity contribution in [1.29, 1.82) is 0 Å². The maximum Gasteiger partial charge on any atom is 0.243 e. The minimum Gasteiger partial charge on any atom is -0.494 e. The first-order valence-electron chi connectivity index (χ1n) is 9.32. The summed E-state index contributed by atoms with van der Waals surface area (Å²) in [5.41, 5.74) is 2.71. The number of aryl methyl sites for hydroxylation is 1. The normalized spacial score (nSPS) is 11.5. The van der Waals surface area contributed by atoms with Gasteiger partial charge in [0.2, 0.25) is 10.0 Å². The van der Waals surface area contributed by atoms with Crippen molar-refractivity contribution in [2.24, 2.45) is 0 Å². The molecule has 0 fully saturated rings. The van der Waals surface area contributed by atoms with Crippen LogP contribution >= 0.6 is 0 Å². The summed E-state index contributed by atoms with van der Waals surface area (Å²) in [7, 11) is -3.67. The number of ether oxygens (including phenoxy) is 1. The van der Waals surface area contributed by atoms with Crippen molar-refractivity contribution in [2.75, 3.05) is 6.61 Å². The molecule has 0 heterocycles. The predicted molar refractivity (Wildman–Crippen MR) is 112 cm³/mol. The Balaban J connectivity index is 1.96. The summed E-state index contributed by atoms with van der Waals surface area (Å²) in [6.45, 7) is 4.93. The van der Waals surface area contributed by atoms with Gasteiger partial charge in [-0.25, -0.2) is 8.42 Å². The van der Waals surface area contributed by atoms with Crippen LogP contribution in [0.2, 0.25) is 0 Å². The summed E-state index contributed by atoms with van der Waals surface area (Å²) in [5, 5.41) is 0. The van der Waals surface area contributed by atoms with Gasteiger partial charge < -0.3 is 4.74 Å². The number of benzene rings is 3. The van der Waals surface area contributed by atoms with Crippen molar-refractivity contribution in [1.82, 2.24) is 4.31 Å². The van der Waals surface area contributed by atoms with E-state index in [9.17, 15) is 8.42 Å². The Kier molecular flexibility index (Phi) is 6.49. The molecule has 146 valence electrons. The van der Waals surface area contributed by atoms with Crippen molar-refractivity contribution in [3.05, 3.63) is 95.6 Å². The van der Waals surface area contributed by atoms with Gasteiger partial charge in [-0.05, 0) is 48.7 Å². The average Bonchev–Trinajstić information content (AvgIpc) is 2.70. The first-order chi connectivity index (χ1) is 13.5. The minimum atomic E-state index is -3.67. The lowest BCUT2D eigenvalue weighted by molar-refractivity contribution is 0.337. The van der Waals surface area contributed by atoms with Crippen LogP contribution in [0.4, 0.5) is 0 Å². The third-order valence-corrected chi connectivity index (χ3v) is 6.28. The Hall–Kier alpha value is -2.63. The Morgan fingerprint density at radius 2 is 1.36 bits per heavy atom. The second-order valence-electron chi connectivity index (χ2n) is 6.60. The maximum absolute atomic E-state index is 13.4. The van der Waals surface area contributed by atoms with Gasteiger partial charge >= 0.3 is 0 Å². The lowest BCUT2D eigenvalue weighted by Gasteiger charge is -2.23. The van der Waals surface area contributed by atoms with E-state index < -0.39 is 10.0 Å². The summed E-state index contributed by atoms with van der Waals surface area (Å²) < 4.78 is 34.0. The van der Waals surface area contributed by atoms with E-state index in [2.05, 4.69) is 0 Å². The van der Waals surface area contributed by atoms with Gasteiger partial charge in [0.25, 0.3) is 0 Å². The van der Waals surface area contributed by atoms with Gasteiger partial charge in [-0.15, -0.1) is 0 Å². The molecule has 3 rings (SSSR count). The molecule has 0 unspecified atom stereocenters. The van der Waals surface area contributed by atoms with E-state index in [1.807, 2.05) is 74.5 Å². The maximum atomic E-state index is 13.4. The molecule has 0 aromatic heterocycles. The van der Waals surface area contributed by atoms with Crippen molar-refractivity contribution in [2.45, 2.75) is 31.8 Å². The van der Waals surface area contributed by atoms with Crippen LogP contribution in [0.5, 0.6) is 5.75 Å². The topological polar surface area (TPSA) is 46.6 Å². The molecule has 0 aliphatic carbocycles. The first kappa shape index (κ1) is 20.1. The number of rotatable bonds is 8. The summed E-state index contributed by atoms with van der Waals surface area (Å²) in [6.07, 6.45) is 0. The summed E-state index contributed by atoms with van der Waals surface area (Å²) in [5.74, 6) is 0.708. The number of hydrogen-bond acceptors (Lipinski definition) is 3. The predicted octanol–water partition coefficient (Wildman–Crippen LogP) is 4.78. The van der Waals surface area contributed by atoms with E-state index in [4.69, 9.17) is 4.74 Å². The van der Waals surface area contributed by atoms with Crippen molar-refractivity contribution in [3.8, 4) is 5.75 Å². The molecular weight excluding hydrogens is 370 g/mol. The van der Waals surface area contributed by atoms with E-state index in [1.165, 1.54) is 4.31 Å². The minimum absolute atomic E-state index is 0.278. The molecule has 0 radical (unpaired) electrons. The molecule has 0 atom stereocenters. The van der Waals surface area contributed by atoms with Gasteiger partial charge in [0.1, 0.15) is 5.75 Å². The highest BCUT2D eigenvalue weighted by Crippen LogP contribution is 2.26. The zero-order valence-corrected chi connectivity index (χ0v) is 17.0. The van der Waals surface area contributed by atoms with E-state index in [0.29, 0.717) is 25.4 Å². The van der Waals surface area contributed by atoms with Gasteiger partial charge in [0.05, 0.1) is 11.5 Å². The van der Waals surface area contributed by atoms with Gasteiger partial charge in [0.15, 0.2) is 0 Å². The van der Waals surface area contributed by atoms with E-state index >= 15 is 0 Å². The van der Waals surface area contributed by atoms with Crippen LogP contribution in [-0.4, -0.2) is 19.3 Å². The van der Waals surface area contributed by atoms with Gasteiger partial charge in [-0.2, -0.15) is 4.31 Å². The lowest BCUT2D eigenvalue weighted by atomic mass is 10.2. The van der Waals surface area contributed by atoms with Crippen molar-refractivity contribution >= 4 is 10.0 Å². The molecule has 0 bridgehead atoms. The van der Waals surface area contributed by atoms with E-state index in [1.54, 1.807) is 18.2 Å². The van der Waals surface area contributed by atoms with Gasteiger partial charge in [-0.1, -0.05) is 60.7 Å². The molecule has 5 heteroatoms. The molecule has 3 aromatic carbocycles. The summed E-state index contributed by atoms with van der Waals surface area (Å²) >= 11 is 0. The van der Waals surface area contributed by atoms with Crippen molar-refractivity contribution in [3.63, 3.8) is 0 Å². The van der Waals surface area contributed by atoms with Gasteiger partial charge in [-0.3, -0.25) is 0 Å². The monoisotopic (exact) mass is 395 g/mol. The second-order valence-corrected chi connectivity index (χ2v) is 8.54. The van der Waals surface area contributed by atoms with E-state index in [0.717, 1.165) is 16.7 Å². The third-order valence-electron chi connectivity index (χ3n) is 4.49. The number of nitrogens with zero attached hydrogens (tertiary/aromatic N) is 1. The average molecular weight is 396 g/mol. The highest BCUT2D eigenvalue weighted by molar-refractivity contribution is 7.89. The molecule has 28 heavy (non-hydrogen) atoms. The molecule has 4 nitrogen and oxygen atoms in total. The molecule has 0 aliphatic heterocycles. The fourth-order valence-electron chi connectivity index (χ4n) is 3.05. The highest BCUT2D eigenvalue weighted by atomic mass is 32.2. The van der Waals surface area contributed by atoms with Gasteiger partial charge in [0, 0.05) is 13.1 Å². The lowest BCUT2D eigenvalue weighted by Crippen LogP contribution is -2.30. The fraction of sp³-hybridized carbons (Fsp3) is 0.217. The molecule has 0 N–H and O–H groups in total. The SMILES string of the molecule is CCOc1ccc(S(=O)(=O)N(Cc2ccccc2)Cc2ccccc2)cc1C. The summed E-state index contributed by atoms with van der Waals surface area (Å²) in [6, 6.07) is 24.3. The number of sulfonamides is 1. The van der Waals surface area contributed by atoms with Crippen LogP contribution < -0.4 is 4.74 Å². The van der Waals surface area contributed by atoms with E-state index in [-0.39, 0.29) is 4.90 Å². The quantitative estimate of drug-likeness (QED) is 0.551. The zero-order chi connectivity index (χ0) is 20.0. The standard InChI is InChI=1S/C23H25NO3S/c1-3-27-23-15-14-22(16-19(23)2)28(25,26)24(17-20-10-6-4-7-11-20)18-21-12-8-5-9-13-21/h4-16H,3,17-18H2,1-2H3. The smallest absolute Gasteiger partial charge is 0.243 e. The van der Waals surface area contributed by atoms with Crippen LogP contribution in [0.3, 0.4) is 0 Å². The van der Waals surface area contributed by atoms with Crippen LogP contribution in [0.25, 0.3) is 0 Å².